The second-order valence-corrected chi connectivity index (χ2v) is 13.2. The van der Waals surface area contributed by atoms with Gasteiger partial charge >= 0.3 is 0 Å². The van der Waals surface area contributed by atoms with Crippen LogP contribution in [0.5, 0.6) is 0 Å². The van der Waals surface area contributed by atoms with Gasteiger partial charge in [-0.3, -0.25) is 0 Å². The summed E-state index contributed by atoms with van der Waals surface area (Å²) in [6.45, 7) is 0. The van der Waals surface area contributed by atoms with Gasteiger partial charge in [0.1, 0.15) is 11.2 Å². The molecule has 2 heterocycles. The molecule has 0 aliphatic rings. The first-order valence-electron chi connectivity index (χ1n) is 17.8. The van der Waals surface area contributed by atoms with Crippen molar-refractivity contribution >= 4 is 32.7 Å². The topological polar surface area (TPSA) is 51.8 Å². The summed E-state index contributed by atoms with van der Waals surface area (Å²) in [5, 5.41) is 4.51. The Morgan fingerprint density at radius 1 is 0.302 bits per heavy atom. The third kappa shape index (κ3) is 5.54. The Hall–Kier alpha value is -7.17. The molecule has 248 valence electrons. The van der Waals surface area contributed by atoms with Gasteiger partial charge in [0.15, 0.2) is 17.5 Å². The zero-order valence-corrected chi connectivity index (χ0v) is 28.6. The van der Waals surface area contributed by atoms with Crippen molar-refractivity contribution in [2.24, 2.45) is 0 Å². The van der Waals surface area contributed by atoms with Crippen LogP contribution in [0.3, 0.4) is 0 Å². The first kappa shape index (κ1) is 30.6. The fourth-order valence-corrected chi connectivity index (χ4v) is 7.35. The van der Waals surface area contributed by atoms with Crippen molar-refractivity contribution in [2.45, 2.75) is 0 Å². The number of hydrogen-bond donors (Lipinski definition) is 0. The molecule has 2 aromatic heterocycles. The van der Waals surface area contributed by atoms with E-state index in [0.717, 1.165) is 71.7 Å². The van der Waals surface area contributed by atoms with Gasteiger partial charge in [0.05, 0.1) is 0 Å². The van der Waals surface area contributed by atoms with Crippen LogP contribution in [0, 0.1) is 0 Å². The Morgan fingerprint density at radius 2 is 0.792 bits per heavy atom. The molecule has 0 atom stereocenters. The van der Waals surface area contributed by atoms with Crippen molar-refractivity contribution < 1.29 is 4.42 Å². The van der Waals surface area contributed by atoms with E-state index in [2.05, 4.69) is 121 Å². The second kappa shape index (κ2) is 12.9. The predicted molar refractivity (Wildman–Crippen MR) is 217 cm³/mol. The van der Waals surface area contributed by atoms with Gasteiger partial charge in [0.2, 0.25) is 0 Å². The Kier molecular flexibility index (Phi) is 7.43. The van der Waals surface area contributed by atoms with Crippen LogP contribution >= 0.6 is 0 Å². The number of rotatable bonds is 6. The summed E-state index contributed by atoms with van der Waals surface area (Å²) in [5.74, 6) is 1.93. The Bertz CT molecular complexity index is 2860. The summed E-state index contributed by atoms with van der Waals surface area (Å²) in [4.78, 5) is 14.7. The number of aromatic nitrogens is 3. The van der Waals surface area contributed by atoms with Crippen LogP contribution in [-0.4, -0.2) is 15.0 Å². The molecule has 0 aliphatic carbocycles. The minimum Gasteiger partial charge on any atom is -0.455 e. The van der Waals surface area contributed by atoms with Crippen molar-refractivity contribution in [2.75, 3.05) is 0 Å². The molecule has 0 bridgehead atoms. The van der Waals surface area contributed by atoms with E-state index in [4.69, 9.17) is 19.4 Å². The lowest BCUT2D eigenvalue weighted by Gasteiger charge is -2.13. The summed E-state index contributed by atoms with van der Waals surface area (Å²) < 4.78 is 6.65. The highest BCUT2D eigenvalue weighted by atomic mass is 16.3. The number of hydrogen-bond acceptors (Lipinski definition) is 4. The highest BCUT2D eigenvalue weighted by Crippen LogP contribution is 2.44. The zero-order chi connectivity index (χ0) is 35.1. The third-order valence-corrected chi connectivity index (χ3v) is 9.94. The fourth-order valence-electron chi connectivity index (χ4n) is 7.35. The molecule has 53 heavy (non-hydrogen) atoms. The van der Waals surface area contributed by atoms with Gasteiger partial charge in [-0.1, -0.05) is 170 Å². The lowest BCUT2D eigenvalue weighted by Crippen LogP contribution is -2.00. The van der Waals surface area contributed by atoms with E-state index in [1.54, 1.807) is 0 Å². The second-order valence-electron chi connectivity index (χ2n) is 13.2. The molecule has 0 amide bonds. The number of furan rings is 1. The maximum atomic E-state index is 6.65. The van der Waals surface area contributed by atoms with Gasteiger partial charge < -0.3 is 4.42 Å². The quantitative estimate of drug-likeness (QED) is 0.176. The number of nitrogens with zero attached hydrogens (tertiary/aromatic N) is 3. The van der Waals surface area contributed by atoms with Crippen LogP contribution in [0.1, 0.15) is 0 Å². The van der Waals surface area contributed by atoms with E-state index < -0.39 is 0 Å². The van der Waals surface area contributed by atoms with Crippen molar-refractivity contribution in [3.63, 3.8) is 0 Å². The largest absolute Gasteiger partial charge is 0.455 e. The van der Waals surface area contributed by atoms with Gasteiger partial charge in [-0.15, -0.1) is 0 Å². The van der Waals surface area contributed by atoms with Crippen molar-refractivity contribution in [3.05, 3.63) is 188 Å². The summed E-state index contributed by atoms with van der Waals surface area (Å²) in [7, 11) is 0. The molecule has 0 unspecified atom stereocenters. The molecule has 4 heteroatoms. The average Bonchev–Trinajstić information content (AvgIpc) is 3.64. The standard InChI is InChI=1S/C49H31N3O/c1-4-14-33(15-5-1)39-23-13-24-40-43(39)31-42(45-41-22-10-11-25-44(41)53-46(40)45)38-21-12-20-37(30-38)32-26-28-36(29-27-32)49-51-47(34-16-6-2-7-17-34)50-48(52-49)35-18-8-3-9-19-35/h1-31H. The molecule has 0 N–H and O–H groups in total. The molecule has 10 rings (SSSR count). The molecule has 4 nitrogen and oxygen atoms in total. The SMILES string of the molecule is c1ccc(-c2nc(-c3ccccc3)nc(-c3ccc(-c4cccc(-c5cc6c(-c7ccccc7)cccc6c6oc7ccccc7c56)c4)cc3)n2)cc1. The van der Waals surface area contributed by atoms with E-state index in [1.165, 1.54) is 11.1 Å². The molecule has 0 aliphatic heterocycles. The average molecular weight is 678 g/mol. The minimum absolute atomic E-state index is 0.637. The van der Waals surface area contributed by atoms with Crippen molar-refractivity contribution in [1.82, 2.24) is 15.0 Å². The summed E-state index contributed by atoms with van der Waals surface area (Å²) in [5.41, 5.74) is 11.5. The van der Waals surface area contributed by atoms with Crippen LogP contribution in [0.25, 0.3) is 100 Å². The highest BCUT2D eigenvalue weighted by Gasteiger charge is 2.19. The van der Waals surface area contributed by atoms with E-state index in [9.17, 15) is 0 Å². The molecular weight excluding hydrogens is 647 g/mol. The smallest absolute Gasteiger partial charge is 0.164 e. The highest BCUT2D eigenvalue weighted by molar-refractivity contribution is 6.23. The predicted octanol–water partition coefficient (Wildman–Crippen LogP) is 12.9. The maximum Gasteiger partial charge on any atom is 0.164 e. The van der Waals surface area contributed by atoms with Gasteiger partial charge in [-0.05, 0) is 57.0 Å². The summed E-state index contributed by atoms with van der Waals surface area (Å²) >= 11 is 0. The molecule has 0 fully saturated rings. The minimum atomic E-state index is 0.637. The normalized spacial score (nSPS) is 11.4. The lowest BCUT2D eigenvalue weighted by atomic mass is 9.90. The van der Waals surface area contributed by atoms with E-state index in [-0.39, 0.29) is 0 Å². The van der Waals surface area contributed by atoms with Gasteiger partial charge in [-0.2, -0.15) is 0 Å². The van der Waals surface area contributed by atoms with Crippen molar-refractivity contribution in [3.8, 4) is 67.5 Å². The van der Waals surface area contributed by atoms with E-state index in [0.29, 0.717) is 17.5 Å². The van der Waals surface area contributed by atoms with Crippen LogP contribution in [0.4, 0.5) is 0 Å². The third-order valence-electron chi connectivity index (χ3n) is 9.94. The molecule has 10 aromatic rings. The van der Waals surface area contributed by atoms with Gasteiger partial charge in [0.25, 0.3) is 0 Å². The van der Waals surface area contributed by atoms with Crippen LogP contribution in [0.2, 0.25) is 0 Å². The van der Waals surface area contributed by atoms with Crippen LogP contribution in [0.15, 0.2) is 192 Å². The molecule has 0 spiro atoms. The Labute approximate surface area is 306 Å². The van der Waals surface area contributed by atoms with E-state index in [1.807, 2.05) is 66.7 Å². The first-order chi connectivity index (χ1) is 26.3. The molecule has 0 saturated heterocycles. The van der Waals surface area contributed by atoms with Crippen LogP contribution in [-0.2, 0) is 0 Å². The molecule has 8 aromatic carbocycles. The number of fused-ring (bicyclic) bond motifs is 5. The summed E-state index contributed by atoms with van der Waals surface area (Å²) in [6, 6.07) is 65.2. The summed E-state index contributed by atoms with van der Waals surface area (Å²) in [6.07, 6.45) is 0. The van der Waals surface area contributed by atoms with Crippen LogP contribution < -0.4 is 0 Å². The number of para-hydroxylation sites is 1. The first-order valence-corrected chi connectivity index (χ1v) is 17.8. The molecular formula is C49H31N3O. The number of benzene rings is 8. The fraction of sp³-hybridized carbons (Fsp3) is 0. The Balaban J connectivity index is 1.09. The van der Waals surface area contributed by atoms with Gasteiger partial charge in [0, 0.05) is 32.8 Å². The van der Waals surface area contributed by atoms with Gasteiger partial charge in [-0.25, -0.2) is 15.0 Å². The molecule has 0 saturated carbocycles. The maximum absolute atomic E-state index is 6.65. The van der Waals surface area contributed by atoms with E-state index >= 15 is 0 Å². The lowest BCUT2D eigenvalue weighted by molar-refractivity contribution is 0.673. The molecule has 0 radical (unpaired) electrons. The van der Waals surface area contributed by atoms with Crippen molar-refractivity contribution in [1.29, 1.82) is 0 Å². The zero-order valence-electron chi connectivity index (χ0n) is 28.6. The Morgan fingerprint density at radius 3 is 1.45 bits per heavy atom. The monoisotopic (exact) mass is 677 g/mol.